The van der Waals surface area contributed by atoms with E-state index in [9.17, 15) is 0 Å². The van der Waals surface area contributed by atoms with E-state index < -0.39 is 17.4 Å². The first-order valence-electron chi connectivity index (χ1n) is 8.94. The van der Waals surface area contributed by atoms with E-state index in [1.807, 2.05) is 6.56 Å². The van der Waals surface area contributed by atoms with Crippen LogP contribution in [0.4, 0.5) is 0 Å². The fourth-order valence-corrected chi connectivity index (χ4v) is 30.3. The van der Waals surface area contributed by atoms with Gasteiger partial charge in [-0.2, -0.15) is 0 Å². The van der Waals surface area contributed by atoms with Crippen molar-refractivity contribution in [3.63, 3.8) is 0 Å². The van der Waals surface area contributed by atoms with Crippen LogP contribution in [0.25, 0.3) is 0 Å². The Balaban J connectivity index is 2.78. The first-order valence-corrected chi connectivity index (χ1v) is 20.8. The molecule has 0 aromatic heterocycles. The molecule has 2 atom stereocenters. The van der Waals surface area contributed by atoms with E-state index >= 15 is 0 Å². The molecule has 0 nitrogen and oxygen atoms in total. The van der Waals surface area contributed by atoms with Crippen LogP contribution in [0.1, 0.15) is 55.4 Å². The molecule has 22 heavy (non-hydrogen) atoms. The minimum absolute atomic E-state index is 0.663. The van der Waals surface area contributed by atoms with Crippen LogP contribution >= 0.6 is 0 Å². The van der Waals surface area contributed by atoms with Crippen molar-refractivity contribution in [3.8, 4) is 0 Å². The van der Waals surface area contributed by atoms with E-state index in [1.165, 1.54) is 8.26 Å². The van der Waals surface area contributed by atoms with E-state index in [1.54, 1.807) is 22.3 Å². The SMILES string of the molecule is C[CH2][Zr](=[SiH2])([CH2]C)([C]1=C(C)C=C(C)C1C)[C]1=C(C)C=C(C)C1C. The molecule has 0 radical (unpaired) electrons. The van der Waals surface area contributed by atoms with Crippen molar-refractivity contribution < 1.29 is 17.4 Å². The standard InChI is InChI=1S/2C8H11.2C2H5.H2Si.Zr/c2*1-6-4-7(2)8(3)5-6;2*1-2;;/h2*4,8H,1-3H3;2*1H2,2H3;1H2;. The van der Waals surface area contributed by atoms with E-state index in [-0.39, 0.29) is 0 Å². The van der Waals surface area contributed by atoms with Crippen molar-refractivity contribution in [1.29, 1.82) is 0 Å². The Morgan fingerprint density at radius 1 is 0.818 bits per heavy atom. The van der Waals surface area contributed by atoms with Gasteiger partial charge in [-0.1, -0.05) is 0 Å². The van der Waals surface area contributed by atoms with Crippen LogP contribution in [0.15, 0.2) is 41.0 Å². The molecule has 0 aromatic carbocycles. The van der Waals surface area contributed by atoms with Gasteiger partial charge in [0.25, 0.3) is 0 Å². The van der Waals surface area contributed by atoms with Crippen molar-refractivity contribution in [2.24, 2.45) is 11.8 Å². The van der Waals surface area contributed by atoms with Crippen molar-refractivity contribution in [1.82, 2.24) is 0 Å². The molecule has 2 unspecified atom stereocenters. The molecule has 2 rings (SSSR count). The summed E-state index contributed by atoms with van der Waals surface area (Å²) in [5.41, 5.74) is 6.36. The van der Waals surface area contributed by atoms with Gasteiger partial charge >= 0.3 is 141 Å². The van der Waals surface area contributed by atoms with Crippen LogP contribution in [0, 0.1) is 11.8 Å². The third-order valence-corrected chi connectivity index (χ3v) is 36.9. The van der Waals surface area contributed by atoms with Crippen molar-refractivity contribution in [2.75, 3.05) is 0 Å². The average Bonchev–Trinajstić information content (AvgIpc) is 2.87. The zero-order valence-electron chi connectivity index (χ0n) is 15.9. The molecule has 0 aromatic rings. The predicted molar refractivity (Wildman–Crippen MR) is 101 cm³/mol. The Bertz CT molecular complexity index is 637. The molecule has 0 saturated heterocycles. The zero-order valence-corrected chi connectivity index (χ0v) is 19.8. The molecule has 0 fully saturated rings. The third kappa shape index (κ3) is 2.32. The summed E-state index contributed by atoms with van der Waals surface area (Å²) in [6, 6.07) is 0. The van der Waals surface area contributed by atoms with Gasteiger partial charge in [-0.15, -0.1) is 0 Å². The molecule has 0 bridgehead atoms. The van der Waals surface area contributed by atoms with Crippen molar-refractivity contribution in [2.45, 2.75) is 63.6 Å². The maximum absolute atomic E-state index is 3.14. The van der Waals surface area contributed by atoms with Crippen LogP contribution in [0.3, 0.4) is 0 Å². The Kier molecular flexibility index (Phi) is 4.89. The van der Waals surface area contributed by atoms with Gasteiger partial charge in [-0.05, 0) is 0 Å². The van der Waals surface area contributed by atoms with E-state index in [0.717, 1.165) is 0 Å². The monoisotopic (exact) mass is 392 g/mol. The predicted octanol–water partition coefficient (Wildman–Crippen LogP) is 5.84. The second kappa shape index (κ2) is 5.85. The average molecular weight is 394 g/mol. The first kappa shape index (κ1) is 18.4. The van der Waals surface area contributed by atoms with Gasteiger partial charge in [-0.25, -0.2) is 0 Å². The van der Waals surface area contributed by atoms with Gasteiger partial charge in [0.1, 0.15) is 0 Å². The van der Waals surface area contributed by atoms with Gasteiger partial charge < -0.3 is 0 Å². The second-order valence-electron chi connectivity index (χ2n) is 8.06. The molecular weight excluding hydrogens is 360 g/mol. The van der Waals surface area contributed by atoms with Crippen LogP contribution < -0.4 is 0 Å². The number of hydrogen-bond donors (Lipinski definition) is 0. The molecule has 2 aliphatic carbocycles. The molecule has 0 N–H and O–H groups in total. The van der Waals surface area contributed by atoms with Gasteiger partial charge in [0, 0.05) is 0 Å². The molecule has 2 heteroatoms. The fourth-order valence-electron chi connectivity index (χ4n) is 5.55. The summed E-state index contributed by atoms with van der Waals surface area (Å²) in [6.45, 7) is 21.8. The summed E-state index contributed by atoms with van der Waals surface area (Å²) in [4.78, 5) is 0. The van der Waals surface area contributed by atoms with E-state index in [2.05, 4.69) is 74.4 Å². The summed E-state index contributed by atoms with van der Waals surface area (Å²) < 4.78 is 6.58. The normalized spacial score (nSPS) is 26.8. The third-order valence-electron chi connectivity index (χ3n) is 7.09. The maximum atomic E-state index is 2.49. The van der Waals surface area contributed by atoms with Crippen LogP contribution in [0.5, 0.6) is 0 Å². The number of rotatable bonds is 4. The molecular formula is C20H34SiZr. The Morgan fingerprint density at radius 2 is 1.14 bits per heavy atom. The van der Waals surface area contributed by atoms with Crippen LogP contribution in [-0.2, 0) is 17.4 Å². The van der Waals surface area contributed by atoms with E-state index in [4.69, 9.17) is 0 Å². The minimum atomic E-state index is -3.14. The van der Waals surface area contributed by atoms with Gasteiger partial charge in [0.05, 0.1) is 0 Å². The summed E-state index contributed by atoms with van der Waals surface area (Å²) in [7, 11) is 0. The Morgan fingerprint density at radius 3 is 1.32 bits per heavy atom. The van der Waals surface area contributed by atoms with Gasteiger partial charge in [0.2, 0.25) is 0 Å². The Hall–Kier alpha value is 0.0600. The van der Waals surface area contributed by atoms with Crippen LogP contribution in [-0.4, -0.2) is 6.88 Å². The molecule has 0 amide bonds. The molecule has 2 aliphatic rings. The van der Waals surface area contributed by atoms with Crippen molar-refractivity contribution >= 4 is 6.88 Å². The topological polar surface area (TPSA) is 0 Å². The molecule has 122 valence electrons. The second-order valence-corrected chi connectivity index (χ2v) is 33.8. The quantitative estimate of drug-likeness (QED) is 0.526. The van der Waals surface area contributed by atoms with Crippen LogP contribution in [0.2, 0.25) is 8.26 Å². The fraction of sp³-hybridized carbons (Fsp3) is 0.600. The Labute approximate surface area is 140 Å². The zero-order chi connectivity index (χ0) is 16.9. The number of hydrogen-bond acceptors (Lipinski definition) is 0. The molecule has 0 saturated carbocycles. The number of allylic oxidation sites excluding steroid dienone is 8. The summed E-state index contributed by atoms with van der Waals surface area (Å²) in [5.74, 6) is 1.33. The molecule has 0 spiro atoms. The summed E-state index contributed by atoms with van der Waals surface area (Å²) in [6.07, 6.45) is 4.95. The summed E-state index contributed by atoms with van der Waals surface area (Å²) in [5, 5.41) is 0. The van der Waals surface area contributed by atoms with Gasteiger partial charge in [-0.3, -0.25) is 0 Å². The molecule has 0 heterocycles. The summed E-state index contributed by atoms with van der Waals surface area (Å²) >= 11 is -3.14. The van der Waals surface area contributed by atoms with E-state index in [0.29, 0.717) is 11.8 Å². The molecule has 0 aliphatic heterocycles. The first-order chi connectivity index (χ1) is 10.1. The van der Waals surface area contributed by atoms with Crippen molar-refractivity contribution in [3.05, 3.63) is 41.0 Å². The van der Waals surface area contributed by atoms with Gasteiger partial charge in [0.15, 0.2) is 0 Å².